The Hall–Kier alpha value is -4.83. The first-order valence-electron chi connectivity index (χ1n) is 14.2. The Balaban J connectivity index is 0.000000222. The zero-order valence-corrected chi connectivity index (χ0v) is 26.5. The van der Waals surface area contributed by atoms with Gasteiger partial charge in [-0.25, -0.2) is 0 Å². The number of benzene rings is 4. The summed E-state index contributed by atoms with van der Waals surface area (Å²) in [4.78, 5) is 13.2. The Morgan fingerprint density at radius 3 is 2.20 bits per heavy atom. The normalized spacial score (nSPS) is 15.9. The van der Waals surface area contributed by atoms with Gasteiger partial charge in [-0.05, 0) is 48.9 Å². The van der Waals surface area contributed by atoms with Crippen LogP contribution in [-0.2, 0) is 25.5 Å². The second-order valence-corrected chi connectivity index (χ2v) is 10.4. The number of anilines is 1. The van der Waals surface area contributed by atoms with Gasteiger partial charge in [-0.15, -0.1) is 58.3 Å². The van der Waals surface area contributed by atoms with Crippen molar-refractivity contribution < 1.29 is 20.1 Å². The quantitative estimate of drug-likeness (QED) is 0.172. The molecule has 0 bridgehead atoms. The first kappa shape index (κ1) is 29.3. The van der Waals surface area contributed by atoms with Crippen molar-refractivity contribution in [2.75, 3.05) is 11.9 Å². The Kier molecular flexibility index (Phi) is 8.51. The molecule has 0 saturated carbocycles. The van der Waals surface area contributed by atoms with Gasteiger partial charge in [0.2, 0.25) is 0 Å². The van der Waals surface area contributed by atoms with Crippen LogP contribution in [0.25, 0.3) is 22.4 Å². The minimum absolute atomic E-state index is 0. The maximum Gasteiger partial charge on any atom is 0.0555 e. The summed E-state index contributed by atoms with van der Waals surface area (Å²) in [6.07, 6.45) is 7.74. The maximum atomic E-state index is 4.86. The fraction of sp³-hybridized carbons (Fsp3) is 0.0513. The van der Waals surface area contributed by atoms with E-state index in [1.54, 1.807) is 6.20 Å². The van der Waals surface area contributed by atoms with Crippen molar-refractivity contribution >= 4 is 5.69 Å². The van der Waals surface area contributed by atoms with Gasteiger partial charge in [0.15, 0.2) is 0 Å². The van der Waals surface area contributed by atoms with Crippen molar-refractivity contribution in [2.45, 2.75) is 5.41 Å². The molecule has 217 valence electrons. The van der Waals surface area contributed by atoms with Crippen molar-refractivity contribution in [3.05, 3.63) is 193 Å². The van der Waals surface area contributed by atoms with E-state index in [1.165, 1.54) is 16.7 Å². The Bertz CT molecular complexity index is 1790. The molecule has 0 spiro atoms. The minimum Gasteiger partial charge on any atom is -0.510 e. The molecule has 2 aromatic heterocycles. The second-order valence-electron chi connectivity index (χ2n) is 10.4. The molecule has 1 radical (unpaired) electrons. The van der Waals surface area contributed by atoms with E-state index in [-0.39, 0.29) is 20.1 Å². The van der Waals surface area contributed by atoms with E-state index in [4.69, 9.17) is 4.98 Å². The van der Waals surface area contributed by atoms with Crippen molar-refractivity contribution in [1.82, 2.24) is 14.9 Å². The summed E-state index contributed by atoms with van der Waals surface area (Å²) >= 11 is 0. The van der Waals surface area contributed by atoms with E-state index in [9.17, 15) is 0 Å². The van der Waals surface area contributed by atoms with Gasteiger partial charge in [-0.1, -0.05) is 48.0 Å². The summed E-state index contributed by atoms with van der Waals surface area (Å²) in [7, 11) is 2.02. The van der Waals surface area contributed by atoms with Crippen molar-refractivity contribution in [3.63, 3.8) is 0 Å². The van der Waals surface area contributed by atoms with Gasteiger partial charge in [0.05, 0.1) is 5.69 Å². The molecular formula is C39H28IrN4-4. The van der Waals surface area contributed by atoms with Gasteiger partial charge in [-0.2, -0.15) is 55.2 Å². The second kappa shape index (κ2) is 12.8. The fourth-order valence-corrected chi connectivity index (χ4v) is 5.91. The number of hydrogen-bond acceptors (Lipinski definition) is 4. The van der Waals surface area contributed by atoms with Gasteiger partial charge in [0, 0.05) is 37.9 Å². The van der Waals surface area contributed by atoms with Gasteiger partial charge < -0.3 is 14.8 Å². The third-order valence-electron chi connectivity index (χ3n) is 7.78. The molecule has 0 N–H and O–H groups in total. The average Bonchev–Trinajstić information content (AvgIpc) is 3.66. The third-order valence-corrected chi connectivity index (χ3v) is 7.78. The van der Waals surface area contributed by atoms with Crippen LogP contribution < -0.4 is 4.90 Å². The molecule has 1 atom stereocenters. The molecule has 4 nitrogen and oxygen atoms in total. The summed E-state index contributed by atoms with van der Waals surface area (Å²) in [6.45, 7) is 2.05. The van der Waals surface area contributed by atoms with Gasteiger partial charge in [0.1, 0.15) is 0 Å². The summed E-state index contributed by atoms with van der Waals surface area (Å²) in [5.74, 6) is 0. The Morgan fingerprint density at radius 2 is 1.45 bits per heavy atom. The Morgan fingerprint density at radius 1 is 0.682 bits per heavy atom. The standard InChI is InChI=1S/C28H20N3.C11H8N.Ir/c1-30-17-18-31(20-30)22-10-8-9-21(19-22)28(27-15-6-7-16-29-27)25-13-4-2-11-23(25)24-12-3-5-14-26(24)28;1-2-6-10(7-3-1)11-8-4-5-9-12-11;/h2-13,15-18,20H,1H3;1-6,8-9H;/q-3;-1;/t28-;;/m1../s1. The largest absolute Gasteiger partial charge is 0.510 e. The molecular weight excluding hydrogens is 717 g/mol. The Labute approximate surface area is 272 Å². The number of aromatic nitrogens is 2. The molecule has 3 heterocycles. The van der Waals surface area contributed by atoms with Crippen molar-refractivity contribution in [1.29, 1.82) is 0 Å². The summed E-state index contributed by atoms with van der Waals surface area (Å²) in [5, 5.41) is 0. The van der Waals surface area contributed by atoms with Crippen LogP contribution in [0.2, 0.25) is 0 Å². The zero-order chi connectivity index (χ0) is 29.1. The van der Waals surface area contributed by atoms with Crippen LogP contribution in [0.4, 0.5) is 5.69 Å². The fourth-order valence-electron chi connectivity index (χ4n) is 5.91. The molecule has 0 unspecified atom stereocenters. The molecule has 0 amide bonds. The van der Waals surface area contributed by atoms with Crippen LogP contribution in [0.3, 0.4) is 0 Å². The van der Waals surface area contributed by atoms with E-state index < -0.39 is 5.41 Å². The van der Waals surface area contributed by atoms with Gasteiger partial charge in [0.25, 0.3) is 0 Å². The minimum atomic E-state index is -0.570. The summed E-state index contributed by atoms with van der Waals surface area (Å²) in [5.41, 5.74) is 9.26. The predicted octanol–water partition coefficient (Wildman–Crippen LogP) is 7.93. The van der Waals surface area contributed by atoms with E-state index in [1.807, 2.05) is 91.8 Å². The molecule has 0 fully saturated rings. The SMILES string of the molecule is CN1C=CN(c2[c-]c([C@]3(c4ccccn4)c4[c-]cccc4-c4ccccc43)ccc2)[CH-]1.[Ir].[c-]1ccccc1-c1ccccn1. The van der Waals surface area contributed by atoms with Crippen LogP contribution in [0.1, 0.15) is 22.4 Å². The van der Waals surface area contributed by atoms with Gasteiger partial charge in [-0.3, -0.25) is 4.98 Å². The average molecular weight is 745 g/mol. The summed E-state index contributed by atoms with van der Waals surface area (Å²) < 4.78 is 0. The van der Waals surface area contributed by atoms with Crippen molar-refractivity contribution in [2.24, 2.45) is 0 Å². The van der Waals surface area contributed by atoms with Crippen LogP contribution in [0.15, 0.2) is 146 Å². The molecule has 2 aliphatic rings. The van der Waals surface area contributed by atoms with Crippen molar-refractivity contribution in [3.8, 4) is 22.4 Å². The van der Waals surface area contributed by atoms with Crippen LogP contribution >= 0.6 is 0 Å². The number of rotatable bonds is 4. The number of fused-ring (bicyclic) bond motifs is 3. The van der Waals surface area contributed by atoms with Crippen LogP contribution in [-0.4, -0.2) is 21.9 Å². The molecule has 1 aliphatic heterocycles. The molecule has 1 aliphatic carbocycles. The molecule has 0 saturated heterocycles. The molecule has 4 aromatic carbocycles. The summed E-state index contributed by atoms with van der Waals surface area (Å²) in [6, 6.07) is 51.5. The van der Waals surface area contributed by atoms with E-state index in [2.05, 4.69) is 94.8 Å². The predicted molar refractivity (Wildman–Crippen MR) is 171 cm³/mol. The van der Waals surface area contributed by atoms with Crippen LogP contribution in [0, 0.1) is 24.9 Å². The van der Waals surface area contributed by atoms with E-state index in [0.717, 1.165) is 33.8 Å². The first-order chi connectivity index (χ1) is 21.2. The zero-order valence-electron chi connectivity index (χ0n) is 24.1. The molecule has 5 heteroatoms. The third kappa shape index (κ3) is 5.26. The number of nitrogens with zero attached hydrogens (tertiary/aromatic N) is 4. The van der Waals surface area contributed by atoms with E-state index >= 15 is 0 Å². The van der Waals surface area contributed by atoms with Gasteiger partial charge >= 0.3 is 0 Å². The first-order valence-corrected chi connectivity index (χ1v) is 14.2. The van der Waals surface area contributed by atoms with Crippen LogP contribution in [0.5, 0.6) is 0 Å². The molecule has 6 aromatic rings. The van der Waals surface area contributed by atoms with E-state index in [0.29, 0.717) is 0 Å². The smallest absolute Gasteiger partial charge is 0.0555 e. The molecule has 44 heavy (non-hydrogen) atoms. The number of pyridine rings is 2. The molecule has 8 rings (SSSR count). The number of hydrogen-bond donors (Lipinski definition) is 0. The topological polar surface area (TPSA) is 32.3 Å². The monoisotopic (exact) mass is 745 g/mol. The maximum absolute atomic E-state index is 4.86.